The van der Waals surface area contributed by atoms with E-state index in [2.05, 4.69) is 20.6 Å². The molecule has 1 aliphatic rings. The van der Waals surface area contributed by atoms with Crippen LogP contribution in [0.25, 0.3) is 0 Å². The van der Waals surface area contributed by atoms with E-state index in [1.54, 1.807) is 0 Å². The van der Waals surface area contributed by atoms with Crippen LogP contribution in [0.3, 0.4) is 0 Å². The number of anilines is 3. The molecular weight excluding hydrogens is 352 g/mol. The number of nitrogens with zero attached hydrogens (tertiary/aromatic N) is 2. The highest BCUT2D eigenvalue weighted by Gasteiger charge is 2.13. The van der Waals surface area contributed by atoms with Crippen molar-refractivity contribution in [3.8, 4) is 11.5 Å². The predicted molar refractivity (Wildman–Crippen MR) is 101 cm³/mol. The van der Waals surface area contributed by atoms with Crippen LogP contribution < -0.4 is 20.1 Å². The van der Waals surface area contributed by atoms with Crippen molar-refractivity contribution >= 4 is 28.9 Å². The second-order valence-corrected chi connectivity index (χ2v) is 6.30. The lowest BCUT2D eigenvalue weighted by atomic mass is 10.2. The molecule has 2 heterocycles. The molecule has 0 saturated carbocycles. The van der Waals surface area contributed by atoms with E-state index in [0.29, 0.717) is 18.2 Å². The maximum Gasteiger partial charge on any atom is 0.231 e. The molecule has 0 bridgehead atoms. The quantitative estimate of drug-likeness (QED) is 0.690. The summed E-state index contributed by atoms with van der Waals surface area (Å²) in [5.74, 6) is 3.60. The van der Waals surface area contributed by atoms with Crippen molar-refractivity contribution in [3.05, 3.63) is 64.9 Å². The van der Waals surface area contributed by atoms with Gasteiger partial charge in [0.2, 0.25) is 6.79 Å². The normalized spacial score (nSPS) is 12.1. The van der Waals surface area contributed by atoms with Crippen LogP contribution in [0.4, 0.5) is 17.3 Å². The van der Waals surface area contributed by atoms with Gasteiger partial charge in [0.15, 0.2) is 11.5 Å². The highest BCUT2D eigenvalue weighted by molar-refractivity contribution is 6.30. The monoisotopic (exact) mass is 368 g/mol. The second-order valence-electron chi connectivity index (χ2n) is 5.86. The van der Waals surface area contributed by atoms with Crippen LogP contribution in [0, 0.1) is 6.92 Å². The van der Waals surface area contributed by atoms with Crippen molar-refractivity contribution in [1.82, 2.24) is 9.97 Å². The van der Waals surface area contributed by atoms with Gasteiger partial charge in [0.25, 0.3) is 0 Å². The highest BCUT2D eigenvalue weighted by Crippen LogP contribution is 2.35. The maximum atomic E-state index is 5.92. The molecule has 0 unspecified atom stereocenters. The molecule has 1 aliphatic heterocycles. The van der Waals surface area contributed by atoms with E-state index in [1.165, 1.54) is 0 Å². The Morgan fingerprint density at radius 3 is 2.58 bits per heavy atom. The third-order valence-corrected chi connectivity index (χ3v) is 4.12. The Kier molecular flexibility index (Phi) is 4.50. The van der Waals surface area contributed by atoms with Crippen molar-refractivity contribution in [2.45, 2.75) is 13.5 Å². The van der Waals surface area contributed by atoms with Gasteiger partial charge in [-0.3, -0.25) is 0 Å². The Morgan fingerprint density at radius 2 is 1.73 bits per heavy atom. The van der Waals surface area contributed by atoms with Crippen molar-refractivity contribution in [3.63, 3.8) is 0 Å². The summed E-state index contributed by atoms with van der Waals surface area (Å²) in [7, 11) is 0. The molecule has 3 aromatic rings. The summed E-state index contributed by atoms with van der Waals surface area (Å²) < 4.78 is 10.7. The number of nitrogens with one attached hydrogen (secondary N) is 2. The molecule has 0 aliphatic carbocycles. The SMILES string of the molecule is Cc1nc(NCc2ccc(Cl)cc2)cc(Nc2ccc3c(c2)OCO3)n1. The second kappa shape index (κ2) is 7.09. The van der Waals surface area contributed by atoms with E-state index in [1.807, 2.05) is 55.5 Å². The van der Waals surface area contributed by atoms with Crippen molar-refractivity contribution in [1.29, 1.82) is 0 Å². The summed E-state index contributed by atoms with van der Waals surface area (Å²) >= 11 is 5.92. The van der Waals surface area contributed by atoms with Gasteiger partial charge >= 0.3 is 0 Å². The maximum absolute atomic E-state index is 5.92. The van der Waals surface area contributed by atoms with E-state index in [4.69, 9.17) is 21.1 Å². The van der Waals surface area contributed by atoms with Gasteiger partial charge in [-0.2, -0.15) is 0 Å². The molecule has 4 rings (SSSR count). The fourth-order valence-corrected chi connectivity index (χ4v) is 2.77. The van der Waals surface area contributed by atoms with E-state index < -0.39 is 0 Å². The Labute approximate surface area is 156 Å². The van der Waals surface area contributed by atoms with Gasteiger partial charge in [-0.05, 0) is 36.8 Å². The number of rotatable bonds is 5. The van der Waals surface area contributed by atoms with E-state index in [-0.39, 0.29) is 6.79 Å². The molecule has 0 spiro atoms. The minimum absolute atomic E-state index is 0.254. The van der Waals surface area contributed by atoms with Crippen LogP contribution in [0.1, 0.15) is 11.4 Å². The first-order valence-corrected chi connectivity index (χ1v) is 8.54. The molecular formula is C19H17ClN4O2. The van der Waals surface area contributed by atoms with Crippen LogP contribution in [0.2, 0.25) is 5.02 Å². The van der Waals surface area contributed by atoms with Crippen LogP contribution >= 0.6 is 11.6 Å². The molecule has 7 heteroatoms. The summed E-state index contributed by atoms with van der Waals surface area (Å²) in [5, 5.41) is 7.31. The molecule has 6 nitrogen and oxygen atoms in total. The molecule has 0 radical (unpaired) electrons. The van der Waals surface area contributed by atoms with Gasteiger partial charge in [-0.15, -0.1) is 0 Å². The molecule has 0 atom stereocenters. The fourth-order valence-electron chi connectivity index (χ4n) is 2.64. The van der Waals surface area contributed by atoms with E-state index in [9.17, 15) is 0 Å². The third kappa shape index (κ3) is 3.81. The Bertz CT molecular complexity index is 931. The number of halogens is 1. The van der Waals surface area contributed by atoms with Crippen molar-refractivity contribution in [2.75, 3.05) is 17.4 Å². The first-order chi connectivity index (χ1) is 12.7. The first kappa shape index (κ1) is 16.5. The molecule has 132 valence electrons. The van der Waals surface area contributed by atoms with Crippen LogP contribution in [0.15, 0.2) is 48.5 Å². The van der Waals surface area contributed by atoms with Crippen molar-refractivity contribution < 1.29 is 9.47 Å². The minimum Gasteiger partial charge on any atom is -0.454 e. The fraction of sp³-hybridized carbons (Fsp3) is 0.158. The molecule has 1 aromatic heterocycles. The molecule has 26 heavy (non-hydrogen) atoms. The lowest BCUT2D eigenvalue weighted by Crippen LogP contribution is -2.05. The molecule has 2 aromatic carbocycles. The number of fused-ring (bicyclic) bond motifs is 1. The molecule has 0 saturated heterocycles. The van der Waals surface area contributed by atoms with Gasteiger partial charge in [0.05, 0.1) is 0 Å². The summed E-state index contributed by atoms with van der Waals surface area (Å²) in [5.41, 5.74) is 1.99. The lowest BCUT2D eigenvalue weighted by molar-refractivity contribution is 0.174. The summed E-state index contributed by atoms with van der Waals surface area (Å²) in [4.78, 5) is 8.87. The lowest BCUT2D eigenvalue weighted by Gasteiger charge is -2.11. The van der Waals surface area contributed by atoms with Gasteiger partial charge in [0, 0.05) is 29.4 Å². The number of aryl methyl sites for hydroxylation is 1. The van der Waals surface area contributed by atoms with Crippen LogP contribution in [-0.4, -0.2) is 16.8 Å². The Balaban J connectivity index is 1.48. The van der Waals surface area contributed by atoms with Gasteiger partial charge < -0.3 is 20.1 Å². The summed E-state index contributed by atoms with van der Waals surface area (Å²) in [6, 6.07) is 15.3. The third-order valence-electron chi connectivity index (χ3n) is 3.87. The zero-order valence-electron chi connectivity index (χ0n) is 14.1. The van der Waals surface area contributed by atoms with E-state index in [0.717, 1.165) is 33.6 Å². The van der Waals surface area contributed by atoms with Gasteiger partial charge in [-0.25, -0.2) is 9.97 Å². The molecule has 0 amide bonds. The topological polar surface area (TPSA) is 68.3 Å². The summed E-state index contributed by atoms with van der Waals surface area (Å²) in [6.45, 7) is 2.76. The standard InChI is InChI=1S/C19H17ClN4O2/c1-12-22-18(21-10-13-2-4-14(20)5-3-13)9-19(23-12)24-15-6-7-16-17(8-15)26-11-25-16/h2-9H,10-11H2,1H3,(H2,21,22,23,24). The first-order valence-electron chi connectivity index (χ1n) is 8.16. The molecule has 2 N–H and O–H groups in total. The number of hydrogen-bond donors (Lipinski definition) is 2. The zero-order chi connectivity index (χ0) is 17.9. The number of ether oxygens (including phenoxy) is 2. The Hall–Kier alpha value is -2.99. The number of aromatic nitrogens is 2. The van der Waals surface area contributed by atoms with Gasteiger partial charge in [-0.1, -0.05) is 23.7 Å². The number of benzene rings is 2. The van der Waals surface area contributed by atoms with Crippen LogP contribution in [0.5, 0.6) is 11.5 Å². The zero-order valence-corrected chi connectivity index (χ0v) is 14.9. The Morgan fingerprint density at radius 1 is 0.962 bits per heavy atom. The summed E-state index contributed by atoms with van der Waals surface area (Å²) in [6.07, 6.45) is 0. The largest absolute Gasteiger partial charge is 0.454 e. The van der Waals surface area contributed by atoms with Crippen LogP contribution in [-0.2, 0) is 6.54 Å². The van der Waals surface area contributed by atoms with Crippen molar-refractivity contribution in [2.24, 2.45) is 0 Å². The van der Waals surface area contributed by atoms with Gasteiger partial charge in [0.1, 0.15) is 17.5 Å². The average Bonchev–Trinajstić information content (AvgIpc) is 3.08. The smallest absolute Gasteiger partial charge is 0.231 e. The average molecular weight is 369 g/mol. The number of hydrogen-bond acceptors (Lipinski definition) is 6. The highest BCUT2D eigenvalue weighted by atomic mass is 35.5. The minimum atomic E-state index is 0.254. The predicted octanol–water partition coefficient (Wildman–Crippen LogP) is 4.52. The van der Waals surface area contributed by atoms with E-state index >= 15 is 0 Å². The molecule has 0 fully saturated rings.